The van der Waals surface area contributed by atoms with E-state index in [1.54, 1.807) is 0 Å². The summed E-state index contributed by atoms with van der Waals surface area (Å²) in [7, 11) is 0. The van der Waals surface area contributed by atoms with Crippen LogP contribution < -0.4 is 10.1 Å². The minimum Gasteiger partial charge on any atom is -0.491 e. The molecule has 0 saturated heterocycles. The second kappa shape index (κ2) is 6.64. The quantitative estimate of drug-likeness (QED) is 0.785. The maximum atomic E-state index is 5.86. The lowest BCUT2D eigenvalue weighted by molar-refractivity contribution is 0.131. The Labute approximate surface area is 109 Å². The fourth-order valence-corrected chi connectivity index (χ4v) is 2.25. The van der Waals surface area contributed by atoms with E-state index in [9.17, 15) is 0 Å². The summed E-state index contributed by atoms with van der Waals surface area (Å²) in [5.74, 6) is 0.982. The van der Waals surface area contributed by atoms with Gasteiger partial charge in [0.2, 0.25) is 0 Å². The van der Waals surface area contributed by atoms with Crippen molar-refractivity contribution in [2.24, 2.45) is 0 Å². The average molecular weight is 249 g/mol. The van der Waals surface area contributed by atoms with Crippen molar-refractivity contribution in [3.8, 4) is 5.75 Å². The van der Waals surface area contributed by atoms with Gasteiger partial charge in [0.1, 0.15) is 5.75 Å². The van der Waals surface area contributed by atoms with Crippen molar-refractivity contribution < 1.29 is 9.47 Å². The van der Waals surface area contributed by atoms with E-state index in [-0.39, 0.29) is 0 Å². The van der Waals surface area contributed by atoms with Crippen molar-refractivity contribution >= 4 is 5.69 Å². The Morgan fingerprint density at radius 2 is 2.22 bits per heavy atom. The van der Waals surface area contributed by atoms with Gasteiger partial charge >= 0.3 is 0 Å². The number of hydrogen-bond acceptors (Lipinski definition) is 3. The van der Waals surface area contributed by atoms with Gasteiger partial charge in [0.05, 0.1) is 12.3 Å². The van der Waals surface area contributed by atoms with Crippen LogP contribution in [-0.2, 0) is 11.2 Å². The summed E-state index contributed by atoms with van der Waals surface area (Å²) >= 11 is 0. The number of fused-ring (bicyclic) bond motifs is 1. The number of rotatable bonds is 6. The minimum atomic E-state index is 0.533. The van der Waals surface area contributed by atoms with Gasteiger partial charge in [0.15, 0.2) is 0 Å². The van der Waals surface area contributed by atoms with Crippen molar-refractivity contribution in [2.45, 2.75) is 39.2 Å². The molecule has 1 aliphatic heterocycles. The molecule has 1 heterocycles. The zero-order valence-corrected chi connectivity index (χ0v) is 11.4. The molecule has 1 unspecified atom stereocenters. The Hall–Kier alpha value is -1.22. The lowest BCUT2D eigenvalue weighted by atomic mass is 9.98. The molecule has 1 aromatic rings. The molecule has 0 saturated carbocycles. The molecule has 1 aliphatic rings. The molecule has 3 heteroatoms. The lowest BCUT2D eigenvalue weighted by Crippen LogP contribution is -2.22. The standard InChI is InChI=1S/C15H23NO2/c1-3-17-10-5-11-18-14-7-4-6-13-9-8-12(2)16-15(13)14/h4,6-7,12,16H,3,5,8-11H2,1-2H3. The smallest absolute Gasteiger partial charge is 0.142 e. The monoisotopic (exact) mass is 249 g/mol. The highest BCUT2D eigenvalue weighted by Gasteiger charge is 2.17. The fraction of sp³-hybridized carbons (Fsp3) is 0.600. The van der Waals surface area contributed by atoms with Crippen LogP contribution in [0.4, 0.5) is 5.69 Å². The van der Waals surface area contributed by atoms with Gasteiger partial charge in [0, 0.05) is 25.7 Å². The van der Waals surface area contributed by atoms with Crippen LogP contribution in [0, 0.1) is 0 Å². The summed E-state index contributed by atoms with van der Waals surface area (Å²) in [6.07, 6.45) is 3.27. The van der Waals surface area contributed by atoms with Crippen LogP contribution in [0.1, 0.15) is 32.3 Å². The number of aryl methyl sites for hydroxylation is 1. The van der Waals surface area contributed by atoms with Crippen LogP contribution in [0.5, 0.6) is 5.75 Å². The van der Waals surface area contributed by atoms with Gasteiger partial charge in [-0.2, -0.15) is 0 Å². The predicted octanol–water partition coefficient (Wildman–Crippen LogP) is 3.24. The molecule has 3 nitrogen and oxygen atoms in total. The molecule has 1 aromatic carbocycles. The Bertz CT molecular complexity index is 379. The van der Waals surface area contributed by atoms with Crippen LogP contribution in [0.25, 0.3) is 0 Å². The van der Waals surface area contributed by atoms with Gasteiger partial charge in [-0.05, 0) is 38.3 Å². The summed E-state index contributed by atoms with van der Waals surface area (Å²) in [6, 6.07) is 6.84. The highest BCUT2D eigenvalue weighted by molar-refractivity contribution is 5.63. The molecule has 18 heavy (non-hydrogen) atoms. The molecular formula is C15H23NO2. The maximum Gasteiger partial charge on any atom is 0.142 e. The van der Waals surface area contributed by atoms with E-state index in [4.69, 9.17) is 9.47 Å². The van der Waals surface area contributed by atoms with Crippen molar-refractivity contribution in [1.82, 2.24) is 0 Å². The van der Waals surface area contributed by atoms with Crippen LogP contribution >= 0.6 is 0 Å². The lowest BCUT2D eigenvalue weighted by Gasteiger charge is -2.26. The minimum absolute atomic E-state index is 0.533. The van der Waals surface area contributed by atoms with E-state index >= 15 is 0 Å². The van der Waals surface area contributed by atoms with Crippen LogP contribution in [0.2, 0.25) is 0 Å². The summed E-state index contributed by atoms with van der Waals surface area (Å²) in [4.78, 5) is 0. The third-order valence-electron chi connectivity index (χ3n) is 3.24. The SMILES string of the molecule is CCOCCCOc1cccc2c1NC(C)CC2. The van der Waals surface area contributed by atoms with Gasteiger partial charge in [0.25, 0.3) is 0 Å². The highest BCUT2D eigenvalue weighted by atomic mass is 16.5. The Morgan fingerprint density at radius 1 is 1.33 bits per heavy atom. The van der Waals surface area contributed by atoms with E-state index in [1.807, 2.05) is 13.0 Å². The van der Waals surface area contributed by atoms with Crippen molar-refractivity contribution in [3.63, 3.8) is 0 Å². The van der Waals surface area contributed by atoms with Gasteiger partial charge in [-0.3, -0.25) is 0 Å². The first kappa shape index (κ1) is 13.2. The molecule has 0 aromatic heterocycles. The number of anilines is 1. The summed E-state index contributed by atoms with van der Waals surface area (Å²) < 4.78 is 11.2. The molecule has 0 bridgehead atoms. The molecule has 0 radical (unpaired) electrons. The fourth-order valence-electron chi connectivity index (χ4n) is 2.25. The first-order chi connectivity index (χ1) is 8.81. The molecule has 0 amide bonds. The van der Waals surface area contributed by atoms with Crippen molar-refractivity contribution in [2.75, 3.05) is 25.1 Å². The van der Waals surface area contributed by atoms with Gasteiger partial charge in [-0.15, -0.1) is 0 Å². The number of para-hydroxylation sites is 1. The average Bonchev–Trinajstić information content (AvgIpc) is 2.39. The molecular weight excluding hydrogens is 226 g/mol. The number of hydrogen-bond donors (Lipinski definition) is 1. The van der Waals surface area contributed by atoms with E-state index in [2.05, 4.69) is 24.4 Å². The Kier molecular flexibility index (Phi) is 4.88. The van der Waals surface area contributed by atoms with E-state index < -0.39 is 0 Å². The first-order valence-corrected chi connectivity index (χ1v) is 6.90. The van der Waals surface area contributed by atoms with E-state index in [0.29, 0.717) is 12.6 Å². The first-order valence-electron chi connectivity index (χ1n) is 6.90. The second-order valence-corrected chi connectivity index (χ2v) is 4.77. The second-order valence-electron chi connectivity index (χ2n) is 4.77. The Morgan fingerprint density at radius 3 is 3.06 bits per heavy atom. The normalized spacial score (nSPS) is 18.0. The van der Waals surface area contributed by atoms with Crippen molar-refractivity contribution in [1.29, 1.82) is 0 Å². The molecule has 1 atom stereocenters. The highest BCUT2D eigenvalue weighted by Crippen LogP contribution is 2.33. The number of nitrogens with one attached hydrogen (secondary N) is 1. The van der Waals surface area contributed by atoms with Crippen molar-refractivity contribution in [3.05, 3.63) is 23.8 Å². The summed E-state index contributed by atoms with van der Waals surface area (Å²) in [6.45, 7) is 6.50. The molecule has 0 fully saturated rings. The molecule has 0 aliphatic carbocycles. The zero-order valence-electron chi connectivity index (χ0n) is 11.4. The topological polar surface area (TPSA) is 30.5 Å². The van der Waals surface area contributed by atoms with E-state index in [1.165, 1.54) is 17.7 Å². The Balaban J connectivity index is 1.92. The van der Waals surface area contributed by atoms with Gasteiger partial charge < -0.3 is 14.8 Å². The van der Waals surface area contributed by atoms with E-state index in [0.717, 1.165) is 31.8 Å². The number of benzene rings is 1. The van der Waals surface area contributed by atoms with Gasteiger partial charge in [-0.1, -0.05) is 12.1 Å². The van der Waals surface area contributed by atoms with Gasteiger partial charge in [-0.25, -0.2) is 0 Å². The molecule has 100 valence electrons. The third kappa shape index (κ3) is 3.39. The summed E-state index contributed by atoms with van der Waals surface area (Å²) in [5, 5.41) is 3.52. The zero-order chi connectivity index (χ0) is 12.8. The van der Waals surface area contributed by atoms with Crippen LogP contribution in [0.15, 0.2) is 18.2 Å². The van der Waals surface area contributed by atoms with Crippen LogP contribution in [-0.4, -0.2) is 25.9 Å². The van der Waals surface area contributed by atoms with Crippen LogP contribution in [0.3, 0.4) is 0 Å². The maximum absolute atomic E-state index is 5.86. The largest absolute Gasteiger partial charge is 0.491 e. The molecule has 0 spiro atoms. The third-order valence-corrected chi connectivity index (χ3v) is 3.24. The molecule has 1 N–H and O–H groups in total. The molecule has 2 rings (SSSR count). The number of ether oxygens (including phenoxy) is 2. The predicted molar refractivity (Wildman–Crippen MR) is 74.5 cm³/mol. The summed E-state index contributed by atoms with van der Waals surface area (Å²) in [5.41, 5.74) is 2.56.